The van der Waals surface area contributed by atoms with Crippen LogP contribution in [0.4, 0.5) is 0 Å². The van der Waals surface area contributed by atoms with E-state index in [-0.39, 0.29) is 0 Å². The normalized spacial score (nSPS) is 11.4. The molecule has 0 atom stereocenters. The van der Waals surface area contributed by atoms with Gasteiger partial charge in [0.15, 0.2) is 5.96 Å². The minimum Gasteiger partial charge on any atom is -0.357 e. The van der Waals surface area contributed by atoms with Gasteiger partial charge in [-0.3, -0.25) is 4.98 Å². The highest BCUT2D eigenvalue weighted by Gasteiger charge is 2.02. The van der Waals surface area contributed by atoms with Crippen LogP contribution in [0.25, 0.3) is 0 Å². The van der Waals surface area contributed by atoms with Gasteiger partial charge in [0.05, 0.1) is 6.54 Å². The zero-order chi connectivity index (χ0) is 17.2. The molecule has 0 unspecified atom stereocenters. The van der Waals surface area contributed by atoms with Crippen molar-refractivity contribution < 1.29 is 0 Å². The summed E-state index contributed by atoms with van der Waals surface area (Å²) in [4.78, 5) is 8.87. The summed E-state index contributed by atoms with van der Waals surface area (Å²) in [7, 11) is 0. The van der Waals surface area contributed by atoms with Gasteiger partial charge in [0.25, 0.3) is 0 Å². The van der Waals surface area contributed by atoms with Crippen LogP contribution >= 0.6 is 0 Å². The van der Waals surface area contributed by atoms with Crippen molar-refractivity contribution in [3.8, 4) is 0 Å². The maximum absolute atomic E-state index is 4.73. The Labute approximate surface area is 145 Å². The number of aliphatic imine (C=N–C) groups is 1. The molecule has 0 saturated heterocycles. The van der Waals surface area contributed by atoms with E-state index in [0.717, 1.165) is 31.9 Å². The Morgan fingerprint density at radius 2 is 1.83 bits per heavy atom. The molecule has 1 aromatic heterocycles. The summed E-state index contributed by atoms with van der Waals surface area (Å²) in [6.45, 7) is 8.78. The highest BCUT2D eigenvalue weighted by Crippen LogP contribution is 2.10. The van der Waals surface area contributed by atoms with Crippen LogP contribution in [0, 0.1) is 6.92 Å². The van der Waals surface area contributed by atoms with Crippen molar-refractivity contribution in [1.82, 2.24) is 15.6 Å². The highest BCUT2D eigenvalue weighted by molar-refractivity contribution is 5.79. The smallest absolute Gasteiger partial charge is 0.191 e. The van der Waals surface area contributed by atoms with E-state index in [2.05, 4.69) is 66.7 Å². The first kappa shape index (κ1) is 18.0. The first-order chi connectivity index (χ1) is 11.7. The van der Waals surface area contributed by atoms with Gasteiger partial charge < -0.3 is 10.6 Å². The molecule has 0 fully saturated rings. The summed E-state index contributed by atoms with van der Waals surface area (Å²) in [5, 5.41) is 6.74. The average molecular weight is 324 g/mol. The Balaban J connectivity index is 1.94. The van der Waals surface area contributed by atoms with Crippen LogP contribution in [0.2, 0.25) is 0 Å². The second-order valence-electron chi connectivity index (χ2n) is 5.80. The molecule has 0 aliphatic heterocycles. The lowest BCUT2D eigenvalue weighted by Crippen LogP contribution is -2.38. The van der Waals surface area contributed by atoms with Crippen molar-refractivity contribution in [2.45, 2.75) is 40.2 Å². The van der Waals surface area contributed by atoms with E-state index in [9.17, 15) is 0 Å². The van der Waals surface area contributed by atoms with E-state index in [1.54, 1.807) is 0 Å². The third-order valence-electron chi connectivity index (χ3n) is 4.07. The van der Waals surface area contributed by atoms with Gasteiger partial charge in [0.1, 0.15) is 0 Å². The lowest BCUT2D eigenvalue weighted by Gasteiger charge is -2.13. The van der Waals surface area contributed by atoms with Gasteiger partial charge in [-0.05, 0) is 55.0 Å². The van der Waals surface area contributed by atoms with Gasteiger partial charge in [-0.15, -0.1) is 0 Å². The number of nitrogens with zero attached hydrogens (tertiary/aromatic N) is 2. The molecule has 2 aromatic rings. The van der Waals surface area contributed by atoms with Crippen LogP contribution in [0.1, 0.15) is 36.1 Å². The molecule has 0 bridgehead atoms. The van der Waals surface area contributed by atoms with Crippen LogP contribution < -0.4 is 10.6 Å². The molecule has 2 rings (SSSR count). The van der Waals surface area contributed by atoms with Gasteiger partial charge in [-0.25, -0.2) is 4.99 Å². The topological polar surface area (TPSA) is 49.3 Å². The maximum atomic E-state index is 4.73. The first-order valence-corrected chi connectivity index (χ1v) is 8.73. The van der Waals surface area contributed by atoms with E-state index in [1.165, 1.54) is 22.3 Å². The largest absolute Gasteiger partial charge is 0.357 e. The molecule has 0 amide bonds. The third kappa shape index (κ3) is 5.37. The fourth-order valence-electron chi connectivity index (χ4n) is 2.66. The summed E-state index contributed by atoms with van der Waals surface area (Å²) < 4.78 is 0. The Morgan fingerprint density at radius 3 is 2.54 bits per heavy atom. The van der Waals surface area contributed by atoms with Crippen LogP contribution in [0.5, 0.6) is 0 Å². The second kappa shape index (κ2) is 9.71. The number of hydrogen-bond acceptors (Lipinski definition) is 2. The second-order valence-corrected chi connectivity index (χ2v) is 5.80. The molecular formula is C20H28N4. The molecule has 4 heteroatoms. The molecule has 0 aliphatic carbocycles. The summed E-state index contributed by atoms with van der Waals surface area (Å²) >= 11 is 0. The molecular weight excluding hydrogens is 296 g/mol. The van der Waals surface area contributed by atoms with Crippen LogP contribution in [-0.4, -0.2) is 24.0 Å². The molecule has 0 spiro atoms. The van der Waals surface area contributed by atoms with Crippen molar-refractivity contribution in [1.29, 1.82) is 0 Å². The van der Waals surface area contributed by atoms with Crippen LogP contribution in [-0.2, 0) is 19.4 Å². The number of rotatable bonds is 7. The van der Waals surface area contributed by atoms with Crippen molar-refractivity contribution in [3.05, 3.63) is 65.0 Å². The molecule has 0 radical (unpaired) electrons. The Hall–Kier alpha value is -2.36. The van der Waals surface area contributed by atoms with E-state index in [4.69, 9.17) is 4.99 Å². The van der Waals surface area contributed by atoms with Crippen LogP contribution in [0.15, 0.2) is 47.7 Å². The minimum absolute atomic E-state index is 0.702. The van der Waals surface area contributed by atoms with Crippen molar-refractivity contribution >= 4 is 5.96 Å². The van der Waals surface area contributed by atoms with Gasteiger partial charge in [-0.2, -0.15) is 0 Å². The molecule has 1 aromatic carbocycles. The molecule has 0 aliphatic rings. The van der Waals surface area contributed by atoms with Gasteiger partial charge >= 0.3 is 0 Å². The van der Waals surface area contributed by atoms with Crippen molar-refractivity contribution in [2.24, 2.45) is 4.99 Å². The average Bonchev–Trinajstić information content (AvgIpc) is 2.61. The van der Waals surface area contributed by atoms with E-state index >= 15 is 0 Å². The maximum Gasteiger partial charge on any atom is 0.191 e. The zero-order valence-corrected chi connectivity index (χ0v) is 15.0. The lowest BCUT2D eigenvalue weighted by atomic mass is 10.1. The fourth-order valence-corrected chi connectivity index (χ4v) is 2.66. The van der Waals surface area contributed by atoms with Crippen LogP contribution in [0.3, 0.4) is 0 Å². The molecule has 24 heavy (non-hydrogen) atoms. The van der Waals surface area contributed by atoms with E-state index in [0.29, 0.717) is 6.54 Å². The third-order valence-corrected chi connectivity index (χ3v) is 4.07. The number of nitrogens with one attached hydrogen (secondary N) is 2. The number of hydrogen-bond donors (Lipinski definition) is 2. The molecule has 4 nitrogen and oxygen atoms in total. The summed E-state index contributed by atoms with van der Waals surface area (Å²) in [6, 6.07) is 10.6. The highest BCUT2D eigenvalue weighted by atomic mass is 15.2. The Bertz CT molecular complexity index is 664. The standard InChI is InChI=1S/C20H28N4/c1-4-17-8-6-7-9-19(17)15-24-20(22-5-2)23-13-11-18-10-12-21-14-16(18)3/h6-10,12,14H,4-5,11,13,15H2,1-3H3,(H2,22,23,24). The number of pyridine rings is 1. The van der Waals surface area contributed by atoms with E-state index in [1.807, 2.05) is 12.4 Å². The quantitative estimate of drug-likeness (QED) is 0.607. The summed E-state index contributed by atoms with van der Waals surface area (Å²) in [6.07, 6.45) is 5.76. The minimum atomic E-state index is 0.702. The van der Waals surface area contributed by atoms with E-state index < -0.39 is 0 Å². The first-order valence-electron chi connectivity index (χ1n) is 8.73. The van der Waals surface area contributed by atoms with Crippen molar-refractivity contribution in [2.75, 3.05) is 13.1 Å². The number of aryl methyl sites for hydroxylation is 2. The SMILES string of the molecule is CCNC(=NCc1ccccc1CC)NCCc1ccncc1C. The van der Waals surface area contributed by atoms with Gasteiger partial charge in [-0.1, -0.05) is 31.2 Å². The monoisotopic (exact) mass is 324 g/mol. The molecule has 2 N–H and O–H groups in total. The zero-order valence-electron chi connectivity index (χ0n) is 15.0. The Kier molecular flexibility index (Phi) is 7.27. The van der Waals surface area contributed by atoms with Crippen molar-refractivity contribution in [3.63, 3.8) is 0 Å². The Morgan fingerprint density at radius 1 is 1.04 bits per heavy atom. The number of benzene rings is 1. The van der Waals surface area contributed by atoms with Gasteiger partial charge in [0, 0.05) is 25.5 Å². The molecule has 0 saturated carbocycles. The summed E-state index contributed by atoms with van der Waals surface area (Å²) in [5.74, 6) is 0.870. The summed E-state index contributed by atoms with van der Waals surface area (Å²) in [5.41, 5.74) is 5.22. The van der Waals surface area contributed by atoms with Gasteiger partial charge in [0.2, 0.25) is 0 Å². The predicted octanol–water partition coefficient (Wildman–Crippen LogP) is 3.25. The number of guanidine groups is 1. The number of aromatic nitrogens is 1. The predicted molar refractivity (Wildman–Crippen MR) is 101 cm³/mol. The molecule has 128 valence electrons. The lowest BCUT2D eigenvalue weighted by molar-refractivity contribution is 0.795. The fraction of sp³-hybridized carbons (Fsp3) is 0.400. The molecule has 1 heterocycles.